The first kappa shape index (κ1) is 45.5. The minimum absolute atomic E-state index is 0.0675. The monoisotopic (exact) mass is 839 g/mol. The van der Waals surface area contributed by atoms with E-state index in [-0.39, 0.29) is 50.3 Å². The zero-order valence-electron chi connectivity index (χ0n) is 36.3. The average molecular weight is 840 g/mol. The second-order valence-corrected chi connectivity index (χ2v) is 17.5. The molecule has 4 bridgehead atoms. The summed E-state index contributed by atoms with van der Waals surface area (Å²) in [5.74, 6) is -5.01. The van der Waals surface area contributed by atoms with Crippen LogP contribution in [0.3, 0.4) is 0 Å². The molecule has 1 amide bonds. The van der Waals surface area contributed by atoms with E-state index in [1.165, 1.54) is 31.2 Å². The maximum atomic E-state index is 14.5. The number of fused-ring (bicyclic) bond motifs is 4. The number of amides is 1. The van der Waals surface area contributed by atoms with Gasteiger partial charge in [0.05, 0.1) is 37.1 Å². The highest BCUT2D eigenvalue weighted by atomic mass is 16.7. The van der Waals surface area contributed by atoms with Crippen molar-refractivity contribution in [3.05, 3.63) is 36.5 Å². The Morgan fingerprint density at radius 1 is 1.05 bits per heavy atom. The molecule has 4 aliphatic heterocycles. The molecule has 60 heavy (non-hydrogen) atoms. The predicted molar refractivity (Wildman–Crippen MR) is 216 cm³/mol. The van der Waals surface area contributed by atoms with Crippen molar-refractivity contribution in [2.45, 2.75) is 141 Å². The number of cyclic esters (lactones) is 1. The number of aromatic nitrogens is 4. The number of rotatable bonds is 7. The van der Waals surface area contributed by atoms with Crippen LogP contribution in [-0.2, 0) is 49.3 Å². The lowest BCUT2D eigenvalue weighted by atomic mass is 9.73. The molecule has 0 aromatic carbocycles. The second-order valence-electron chi connectivity index (χ2n) is 17.5. The summed E-state index contributed by atoms with van der Waals surface area (Å²) >= 11 is 0. The van der Waals surface area contributed by atoms with Gasteiger partial charge in [-0.05, 0) is 78.6 Å². The van der Waals surface area contributed by atoms with Crippen molar-refractivity contribution in [3.63, 3.8) is 0 Å². The van der Waals surface area contributed by atoms with Gasteiger partial charge < -0.3 is 43.6 Å². The summed E-state index contributed by atoms with van der Waals surface area (Å²) in [4.78, 5) is 63.9. The van der Waals surface area contributed by atoms with E-state index in [0.717, 1.165) is 0 Å². The fourth-order valence-electron chi connectivity index (χ4n) is 9.14. The lowest BCUT2D eigenvalue weighted by molar-refractivity contribution is -0.296. The number of carbonyl (C=O) groups is 3. The fraction of sp³-hybridized carbons (Fsp3) is 0.714. The maximum absolute atomic E-state index is 14.5. The second kappa shape index (κ2) is 18.5. The number of likely N-dealkylation sites (N-methyl/N-ethyl adjacent to an activating group) is 1. The van der Waals surface area contributed by atoms with Gasteiger partial charge in [-0.2, -0.15) is 5.10 Å². The number of nitrogens with zero attached hydrogens (tertiary/aromatic N) is 7. The van der Waals surface area contributed by atoms with Crippen LogP contribution in [0.15, 0.2) is 41.1 Å². The molecule has 14 atom stereocenters. The molecule has 3 saturated heterocycles. The molecule has 6 rings (SSSR count). The third-order valence-electron chi connectivity index (χ3n) is 12.5. The van der Waals surface area contributed by atoms with Gasteiger partial charge in [0.15, 0.2) is 17.9 Å². The average Bonchev–Trinajstić information content (AvgIpc) is 3.74. The van der Waals surface area contributed by atoms with E-state index in [2.05, 4.69) is 20.2 Å². The van der Waals surface area contributed by atoms with Crippen LogP contribution < -0.4 is 0 Å². The molecule has 18 heteroatoms. The minimum Gasteiger partial charge on any atom is -0.459 e. The molecule has 330 valence electrons. The van der Waals surface area contributed by atoms with Crippen LogP contribution in [0.2, 0.25) is 0 Å². The Hall–Kier alpha value is -4.04. The van der Waals surface area contributed by atoms with E-state index in [9.17, 15) is 24.6 Å². The molecule has 0 spiro atoms. The van der Waals surface area contributed by atoms with Crippen LogP contribution >= 0.6 is 0 Å². The highest BCUT2D eigenvalue weighted by Gasteiger charge is 2.53. The van der Waals surface area contributed by atoms with Crippen molar-refractivity contribution in [2.24, 2.45) is 33.8 Å². The van der Waals surface area contributed by atoms with Gasteiger partial charge in [0.1, 0.15) is 42.1 Å². The van der Waals surface area contributed by atoms with E-state index in [1.54, 1.807) is 39.1 Å². The summed E-state index contributed by atoms with van der Waals surface area (Å²) < 4.78 is 33.9. The van der Waals surface area contributed by atoms with Crippen molar-refractivity contribution in [3.8, 4) is 5.82 Å². The fourth-order valence-corrected chi connectivity index (χ4v) is 9.14. The number of ketones is 1. The lowest BCUT2D eigenvalue weighted by Gasteiger charge is -2.47. The summed E-state index contributed by atoms with van der Waals surface area (Å²) in [5, 5.41) is 32.6. The van der Waals surface area contributed by atoms with Crippen molar-refractivity contribution in [1.82, 2.24) is 24.6 Å². The third kappa shape index (κ3) is 9.54. The van der Waals surface area contributed by atoms with E-state index >= 15 is 0 Å². The normalized spacial score (nSPS) is 39.5. The topological polar surface area (TPSA) is 219 Å². The van der Waals surface area contributed by atoms with Gasteiger partial charge in [-0.15, -0.1) is 0 Å². The Kier molecular flexibility index (Phi) is 14.0. The van der Waals surface area contributed by atoms with Crippen LogP contribution in [0.5, 0.6) is 0 Å². The molecular formula is C42H61N7O11. The molecular weight excluding hydrogens is 778 g/mol. The molecule has 2 aromatic rings. The summed E-state index contributed by atoms with van der Waals surface area (Å²) in [6.07, 6.45) is -1.64. The largest absolute Gasteiger partial charge is 0.459 e. The zero-order valence-corrected chi connectivity index (χ0v) is 36.3. The molecule has 4 aliphatic rings. The zero-order chi connectivity index (χ0) is 43.7. The number of aliphatic imine (C=N–C) groups is 1. The minimum atomic E-state index is -1.85. The summed E-state index contributed by atoms with van der Waals surface area (Å²) in [5.41, 5.74) is -1.97. The number of carbonyl (C=O) groups excluding carboxylic acids is 3. The first-order valence-electron chi connectivity index (χ1n) is 20.9. The Morgan fingerprint density at radius 3 is 2.45 bits per heavy atom. The molecule has 0 aliphatic carbocycles. The van der Waals surface area contributed by atoms with E-state index in [4.69, 9.17) is 33.5 Å². The third-order valence-corrected chi connectivity index (χ3v) is 12.5. The molecule has 0 radical (unpaired) electrons. The van der Waals surface area contributed by atoms with Crippen LogP contribution in [0.1, 0.15) is 80.2 Å². The number of hydrogen-bond acceptors (Lipinski definition) is 16. The lowest BCUT2D eigenvalue weighted by Crippen LogP contribution is -2.60. The molecule has 0 saturated carbocycles. The quantitative estimate of drug-likeness (QED) is 0.302. The summed E-state index contributed by atoms with van der Waals surface area (Å²) in [6, 6.07) is 3.23. The van der Waals surface area contributed by atoms with Gasteiger partial charge in [-0.3, -0.25) is 14.4 Å². The highest BCUT2D eigenvalue weighted by molar-refractivity contribution is 6.01. The smallest absolute Gasteiger partial charge is 0.316 e. The standard InChI is InChI=1S/C42H61N7O11/c1-11-31-42(8,54)37-24(4)33-22(2)16-41(7,36(25(5)34(50)26(6)39(53)58-31)59-40-35(51)29(48(9)10)14-23(3)57-40)56-19-28(18-55-37)47-60-30(38(52)46-33)15-27-12-13-32(44-17-27)49-21-43-20-45-49/h12-13,17,20-26,29-31,35-37,40,51,54H,11,14-16,18-19H2,1-10H3/b46-33?,47-28+/t22-,23-,24-,25+,26-,29+,30?,31-,35-,36-,37+,40+,41-,42-/m1/s1. The SMILES string of the molecule is CC[C@H]1OC(=O)[C@H](C)C(=O)[C@H](C)[C@@H](O[C@@H]2O[C@H](C)C[C@H](N(C)C)[C@H]2O)[C@@]2(C)C[C@@H](C)C3=NC(=O)C(Cc4ccc(-n5cncn5)nc4)O/N=C(\CO[C@@H]([C@@H]3C)[C@]1(C)O)CO2. The molecule has 18 nitrogen and oxygen atoms in total. The Bertz CT molecular complexity index is 1890. The van der Waals surface area contributed by atoms with Gasteiger partial charge in [0.25, 0.3) is 5.91 Å². The maximum Gasteiger partial charge on any atom is 0.316 e. The number of esters is 1. The van der Waals surface area contributed by atoms with Crippen LogP contribution in [0, 0.1) is 23.7 Å². The number of Topliss-reactive ketones (excluding diaryl/α,β-unsaturated/α-hetero) is 1. The van der Waals surface area contributed by atoms with Gasteiger partial charge >= 0.3 is 5.97 Å². The van der Waals surface area contributed by atoms with Gasteiger partial charge in [0.2, 0.25) is 6.10 Å². The number of aliphatic hydroxyl groups is 2. The van der Waals surface area contributed by atoms with Crippen molar-refractivity contribution in [1.29, 1.82) is 0 Å². The Morgan fingerprint density at radius 2 is 1.80 bits per heavy atom. The van der Waals surface area contributed by atoms with E-state index < -0.39 is 89.3 Å². The Labute approximate surface area is 351 Å². The summed E-state index contributed by atoms with van der Waals surface area (Å²) in [6.45, 7) is 13.4. The van der Waals surface area contributed by atoms with Crippen LogP contribution in [-0.4, -0.2) is 151 Å². The molecule has 3 fully saturated rings. The van der Waals surface area contributed by atoms with Crippen molar-refractivity contribution >= 4 is 29.1 Å². The van der Waals surface area contributed by atoms with Gasteiger partial charge in [0, 0.05) is 36.2 Å². The molecule has 6 heterocycles. The number of aliphatic hydroxyl groups excluding tert-OH is 1. The van der Waals surface area contributed by atoms with Gasteiger partial charge in [-0.25, -0.2) is 19.6 Å². The van der Waals surface area contributed by atoms with E-state index in [1.807, 2.05) is 39.8 Å². The number of hydrogen-bond donors (Lipinski definition) is 2. The molecule has 2 aromatic heterocycles. The number of pyridine rings is 1. The number of ether oxygens (including phenoxy) is 5. The van der Waals surface area contributed by atoms with E-state index in [0.29, 0.717) is 23.5 Å². The first-order chi connectivity index (χ1) is 28.3. The van der Waals surface area contributed by atoms with Gasteiger partial charge in [-0.1, -0.05) is 38.9 Å². The van der Waals surface area contributed by atoms with Crippen LogP contribution in [0.4, 0.5) is 0 Å². The summed E-state index contributed by atoms with van der Waals surface area (Å²) in [7, 11) is 3.73. The van der Waals surface area contributed by atoms with Crippen molar-refractivity contribution in [2.75, 3.05) is 27.3 Å². The van der Waals surface area contributed by atoms with Crippen molar-refractivity contribution < 1.29 is 53.1 Å². The number of oxime groups is 1. The predicted octanol–water partition coefficient (Wildman–Crippen LogP) is 2.50. The molecule has 1 unspecified atom stereocenters. The first-order valence-corrected chi connectivity index (χ1v) is 20.9. The van der Waals surface area contributed by atoms with Crippen LogP contribution in [0.25, 0.3) is 5.82 Å². The molecule has 2 N–H and O–H groups in total. The Balaban J connectivity index is 1.47. The highest BCUT2D eigenvalue weighted by Crippen LogP contribution is 2.40.